The fourth-order valence-corrected chi connectivity index (χ4v) is 4.24. The van der Waals surface area contributed by atoms with Crippen molar-refractivity contribution in [1.82, 2.24) is 14.5 Å². The van der Waals surface area contributed by atoms with Crippen molar-refractivity contribution in [1.29, 1.82) is 0 Å². The first-order valence-electron chi connectivity index (χ1n) is 7.75. The minimum atomic E-state index is -4.76. The maximum absolute atomic E-state index is 13.1. The predicted molar refractivity (Wildman–Crippen MR) is 88.5 cm³/mol. The number of rotatable bonds is 5. The second-order valence-corrected chi connectivity index (χ2v) is 7.56. The summed E-state index contributed by atoms with van der Waals surface area (Å²) in [4.78, 5) is 12.6. The van der Waals surface area contributed by atoms with E-state index in [1.807, 2.05) is 0 Å². The fourth-order valence-electron chi connectivity index (χ4n) is 2.60. The third-order valence-electron chi connectivity index (χ3n) is 3.90. The number of alkyl halides is 3. The van der Waals surface area contributed by atoms with Crippen molar-refractivity contribution in [3.05, 3.63) is 29.8 Å². The number of hydrogen-bond donors (Lipinski definition) is 1. The Labute approximate surface area is 150 Å². The number of piperazine rings is 1. The van der Waals surface area contributed by atoms with E-state index in [9.17, 15) is 26.4 Å². The Kier molecular flexibility index (Phi) is 6.28. The summed E-state index contributed by atoms with van der Waals surface area (Å²) < 4.78 is 65.6. The first kappa shape index (κ1) is 20.2. The molecule has 1 fully saturated rings. The zero-order valence-corrected chi connectivity index (χ0v) is 14.6. The second kappa shape index (κ2) is 8.07. The lowest BCUT2D eigenvalue weighted by atomic mass is 10.2. The molecule has 1 N–H and O–H groups in total. The van der Waals surface area contributed by atoms with Gasteiger partial charge >= 0.3 is 6.18 Å². The van der Waals surface area contributed by atoms with Gasteiger partial charge in [-0.2, -0.15) is 17.5 Å². The van der Waals surface area contributed by atoms with Gasteiger partial charge < -0.3 is 5.32 Å². The van der Waals surface area contributed by atoms with Crippen LogP contribution in [0.2, 0.25) is 0 Å². The molecule has 1 saturated heterocycles. The molecular formula is C16H18F3N3O3S. The number of sulfonamides is 1. The van der Waals surface area contributed by atoms with Gasteiger partial charge in [-0.1, -0.05) is 18.1 Å². The van der Waals surface area contributed by atoms with Gasteiger partial charge in [0.1, 0.15) is 0 Å². The molecule has 0 aliphatic carbocycles. The number of amides is 1. The molecule has 0 aromatic heterocycles. The topological polar surface area (TPSA) is 69.7 Å². The standard InChI is InChI=1S/C16H18F3N3O3S/c1-2-7-20-15(23)12-21-8-10-22(11-9-21)26(24,25)14-6-4-3-5-13(14)16(17,18)19/h1,3-6H,7-12H2,(H,20,23). The molecule has 142 valence electrons. The number of nitrogens with one attached hydrogen (secondary N) is 1. The molecule has 1 aliphatic heterocycles. The molecule has 1 heterocycles. The van der Waals surface area contributed by atoms with Crippen molar-refractivity contribution in [2.45, 2.75) is 11.1 Å². The van der Waals surface area contributed by atoms with Crippen LogP contribution in [0.15, 0.2) is 29.2 Å². The number of nitrogens with zero attached hydrogens (tertiary/aromatic N) is 2. The van der Waals surface area contributed by atoms with E-state index >= 15 is 0 Å². The zero-order valence-electron chi connectivity index (χ0n) is 13.8. The van der Waals surface area contributed by atoms with E-state index in [1.54, 1.807) is 4.90 Å². The summed E-state index contributed by atoms with van der Waals surface area (Å²) >= 11 is 0. The highest BCUT2D eigenvalue weighted by Gasteiger charge is 2.39. The minimum absolute atomic E-state index is 0.00303. The lowest BCUT2D eigenvalue weighted by Gasteiger charge is -2.33. The number of halogens is 3. The van der Waals surface area contributed by atoms with E-state index in [0.29, 0.717) is 0 Å². The van der Waals surface area contributed by atoms with Crippen LogP contribution in [0.25, 0.3) is 0 Å². The maximum atomic E-state index is 13.1. The van der Waals surface area contributed by atoms with Gasteiger partial charge in [-0.15, -0.1) is 6.42 Å². The van der Waals surface area contributed by atoms with Crippen molar-refractivity contribution in [2.24, 2.45) is 0 Å². The quantitative estimate of drug-likeness (QED) is 0.755. The summed E-state index contributed by atoms with van der Waals surface area (Å²) in [5.74, 6) is 1.98. The fraction of sp³-hybridized carbons (Fsp3) is 0.438. The van der Waals surface area contributed by atoms with Gasteiger partial charge in [-0.05, 0) is 12.1 Å². The molecule has 1 amide bonds. The number of terminal acetylenes is 1. The van der Waals surface area contributed by atoms with Crippen LogP contribution in [0.5, 0.6) is 0 Å². The molecule has 6 nitrogen and oxygen atoms in total. The highest BCUT2D eigenvalue weighted by atomic mass is 32.2. The number of hydrogen-bond acceptors (Lipinski definition) is 4. The normalized spacial score (nSPS) is 16.8. The summed E-state index contributed by atoms with van der Waals surface area (Å²) in [7, 11) is -4.28. The lowest BCUT2D eigenvalue weighted by molar-refractivity contribution is -0.140. The van der Waals surface area contributed by atoms with E-state index in [-0.39, 0.29) is 45.2 Å². The molecule has 0 saturated carbocycles. The van der Waals surface area contributed by atoms with Crippen molar-refractivity contribution >= 4 is 15.9 Å². The Morgan fingerprint density at radius 3 is 2.38 bits per heavy atom. The third kappa shape index (κ3) is 4.75. The first-order chi connectivity index (χ1) is 12.2. The van der Waals surface area contributed by atoms with E-state index in [2.05, 4.69) is 11.2 Å². The van der Waals surface area contributed by atoms with Gasteiger partial charge in [0, 0.05) is 26.2 Å². The first-order valence-corrected chi connectivity index (χ1v) is 9.19. The highest BCUT2D eigenvalue weighted by Crippen LogP contribution is 2.35. The molecule has 1 aliphatic rings. The Morgan fingerprint density at radius 2 is 1.81 bits per heavy atom. The number of carbonyl (C=O) groups excluding carboxylic acids is 1. The maximum Gasteiger partial charge on any atom is 0.417 e. The van der Waals surface area contributed by atoms with Crippen LogP contribution in [0.3, 0.4) is 0 Å². The summed E-state index contributed by atoms with van der Waals surface area (Å²) in [6, 6.07) is 4.11. The monoisotopic (exact) mass is 389 g/mol. The predicted octanol–water partition coefficient (Wildman–Crippen LogP) is 0.761. The number of carbonyl (C=O) groups is 1. The SMILES string of the molecule is C#CCNC(=O)CN1CCN(S(=O)(=O)c2ccccc2C(F)(F)F)CC1. The van der Waals surface area contributed by atoms with E-state index in [4.69, 9.17) is 6.42 Å². The summed E-state index contributed by atoms with van der Waals surface area (Å²) in [6.45, 7) is 0.609. The van der Waals surface area contributed by atoms with Gasteiger partial charge in [-0.3, -0.25) is 9.69 Å². The Morgan fingerprint density at radius 1 is 1.19 bits per heavy atom. The van der Waals surface area contributed by atoms with Crippen LogP contribution in [0, 0.1) is 12.3 Å². The van der Waals surface area contributed by atoms with Crippen LogP contribution in [-0.4, -0.2) is 62.8 Å². The van der Waals surface area contributed by atoms with E-state index in [0.717, 1.165) is 22.5 Å². The van der Waals surface area contributed by atoms with Gasteiger partial charge in [0.25, 0.3) is 0 Å². The average molecular weight is 389 g/mol. The Bertz CT molecular complexity index is 795. The van der Waals surface area contributed by atoms with Gasteiger partial charge in [0.15, 0.2) is 0 Å². The molecule has 0 unspecified atom stereocenters. The average Bonchev–Trinajstić information content (AvgIpc) is 2.59. The summed E-state index contributed by atoms with van der Waals surface area (Å²) in [6.07, 6.45) is 0.279. The van der Waals surface area contributed by atoms with Crippen molar-refractivity contribution in [3.63, 3.8) is 0 Å². The van der Waals surface area contributed by atoms with Crippen LogP contribution in [-0.2, 0) is 21.0 Å². The van der Waals surface area contributed by atoms with Crippen molar-refractivity contribution < 1.29 is 26.4 Å². The molecular weight excluding hydrogens is 371 g/mol. The molecule has 0 radical (unpaired) electrons. The second-order valence-electron chi connectivity index (χ2n) is 5.66. The number of benzene rings is 1. The van der Waals surface area contributed by atoms with Crippen molar-refractivity contribution in [3.8, 4) is 12.3 Å². The molecule has 0 bridgehead atoms. The summed E-state index contributed by atoms with van der Waals surface area (Å²) in [5, 5.41) is 2.50. The van der Waals surface area contributed by atoms with E-state index < -0.39 is 26.7 Å². The molecule has 1 aromatic rings. The van der Waals surface area contributed by atoms with E-state index in [1.165, 1.54) is 6.07 Å². The minimum Gasteiger partial charge on any atom is -0.344 e. The summed E-state index contributed by atoms with van der Waals surface area (Å²) in [5.41, 5.74) is -1.18. The van der Waals surface area contributed by atoms with Crippen LogP contribution >= 0.6 is 0 Å². The molecule has 2 rings (SSSR count). The zero-order chi connectivity index (χ0) is 19.4. The lowest BCUT2D eigenvalue weighted by Crippen LogP contribution is -2.51. The van der Waals surface area contributed by atoms with Gasteiger partial charge in [0.2, 0.25) is 15.9 Å². The van der Waals surface area contributed by atoms with Crippen molar-refractivity contribution in [2.75, 3.05) is 39.3 Å². The molecule has 0 atom stereocenters. The van der Waals surface area contributed by atoms with Crippen LogP contribution in [0.4, 0.5) is 13.2 Å². The van der Waals surface area contributed by atoms with Gasteiger partial charge in [-0.25, -0.2) is 8.42 Å². The Balaban J connectivity index is 2.08. The van der Waals surface area contributed by atoms with Crippen LogP contribution < -0.4 is 5.32 Å². The van der Waals surface area contributed by atoms with Crippen LogP contribution in [0.1, 0.15) is 5.56 Å². The molecule has 26 heavy (non-hydrogen) atoms. The highest BCUT2D eigenvalue weighted by molar-refractivity contribution is 7.89. The molecule has 0 spiro atoms. The largest absolute Gasteiger partial charge is 0.417 e. The van der Waals surface area contributed by atoms with Gasteiger partial charge in [0.05, 0.1) is 23.5 Å². The smallest absolute Gasteiger partial charge is 0.344 e. The molecule has 1 aromatic carbocycles. The third-order valence-corrected chi connectivity index (χ3v) is 5.85. The molecule has 10 heteroatoms. The Hall–Kier alpha value is -2.09.